The lowest BCUT2D eigenvalue weighted by Crippen LogP contribution is -2.09. The fourth-order valence-electron chi connectivity index (χ4n) is 0.730. The van der Waals surface area contributed by atoms with Crippen LogP contribution in [-0.4, -0.2) is 27.1 Å². The van der Waals surface area contributed by atoms with Crippen LogP contribution in [0.3, 0.4) is 0 Å². The lowest BCUT2D eigenvalue weighted by molar-refractivity contribution is 0.483. The summed E-state index contributed by atoms with van der Waals surface area (Å²) >= 11 is 0. The van der Waals surface area contributed by atoms with Crippen LogP contribution >= 0.6 is 0 Å². The number of hydrogen-bond acceptors (Lipinski definition) is 3. The van der Waals surface area contributed by atoms with Gasteiger partial charge >= 0.3 is 0 Å². The molecule has 1 aromatic carbocycles. The van der Waals surface area contributed by atoms with Crippen LogP contribution in [0.25, 0.3) is 0 Å². The van der Waals surface area contributed by atoms with Gasteiger partial charge in [0.1, 0.15) is 0 Å². The van der Waals surface area contributed by atoms with Crippen LogP contribution in [0, 0.1) is 0 Å². The molecule has 5 heteroatoms. The van der Waals surface area contributed by atoms with E-state index in [-0.39, 0.29) is 11.7 Å². The van der Waals surface area contributed by atoms with Crippen LogP contribution < -0.4 is 4.90 Å². The molecule has 1 rings (SSSR count). The van der Waals surface area contributed by atoms with Gasteiger partial charge in [-0.1, -0.05) is 6.07 Å². The highest BCUT2D eigenvalue weighted by atomic mass is 32.2. The van der Waals surface area contributed by atoms with Gasteiger partial charge in [-0.2, -0.15) is 8.42 Å². The summed E-state index contributed by atoms with van der Waals surface area (Å²) in [6, 6.07) is -0.239. The van der Waals surface area contributed by atoms with Crippen molar-refractivity contribution in [3.8, 4) is 0 Å². The van der Waals surface area contributed by atoms with E-state index in [0.29, 0.717) is 0 Å². The van der Waals surface area contributed by atoms with Crippen LogP contribution in [0.1, 0.15) is 4.11 Å². The van der Waals surface area contributed by atoms with Crippen LogP contribution in [0.4, 0.5) is 5.69 Å². The summed E-state index contributed by atoms with van der Waals surface area (Å²) in [6.45, 7) is 0. The molecule has 0 aliphatic heterocycles. The Bertz CT molecular complexity index is 528. The quantitative estimate of drug-likeness (QED) is 0.730. The van der Waals surface area contributed by atoms with E-state index in [1.807, 2.05) is 0 Å². The Kier molecular flexibility index (Phi) is 1.65. The molecular weight excluding hydrogens is 190 g/mol. The maximum atomic E-state index is 11.0. The Balaban J connectivity index is 3.72. The van der Waals surface area contributed by atoms with Crippen LogP contribution in [0.15, 0.2) is 29.1 Å². The largest absolute Gasteiger partial charge is 0.378 e. The van der Waals surface area contributed by atoms with Gasteiger partial charge in [0.2, 0.25) is 0 Å². The predicted octanol–water partition coefficient (Wildman–Crippen LogP) is 0.999. The first-order chi connectivity index (χ1) is 7.16. The lowest BCUT2D eigenvalue weighted by atomic mass is 10.3. The van der Waals surface area contributed by atoms with E-state index < -0.39 is 27.1 Å². The molecule has 0 saturated heterocycles. The third-order valence-electron chi connectivity index (χ3n) is 1.35. The number of anilines is 1. The first kappa shape index (κ1) is 6.39. The molecule has 0 aromatic heterocycles. The molecule has 0 radical (unpaired) electrons. The van der Waals surface area contributed by atoms with E-state index in [1.54, 1.807) is 14.1 Å². The number of hydrogen-bond donors (Lipinski definition) is 1. The van der Waals surface area contributed by atoms with Crippen LogP contribution in [0.2, 0.25) is 0 Å². The average molecular weight is 204 g/mol. The molecule has 0 unspecified atom stereocenters. The van der Waals surface area contributed by atoms with Gasteiger partial charge in [0, 0.05) is 19.8 Å². The second kappa shape index (κ2) is 3.35. The molecule has 0 atom stereocenters. The molecule has 4 nitrogen and oxygen atoms in total. The molecule has 0 saturated carbocycles. The standard InChI is InChI=1S/C8H11NO3S/c1-9(2)7-4-3-5-8(6-7)13(10,11)12/h3-6H,1-2H3,(H,10,11,12)/i4D,5D,6D. The van der Waals surface area contributed by atoms with Gasteiger partial charge < -0.3 is 4.90 Å². The highest BCUT2D eigenvalue weighted by molar-refractivity contribution is 7.85. The molecule has 13 heavy (non-hydrogen) atoms. The van der Waals surface area contributed by atoms with Gasteiger partial charge in [-0.05, 0) is 18.1 Å². The van der Waals surface area contributed by atoms with E-state index in [2.05, 4.69) is 0 Å². The molecule has 0 aliphatic rings. The van der Waals surface area contributed by atoms with Crippen molar-refractivity contribution in [2.45, 2.75) is 4.90 Å². The minimum absolute atomic E-state index is 0.0450. The van der Waals surface area contributed by atoms with Gasteiger partial charge in [0.05, 0.1) is 9.01 Å². The van der Waals surface area contributed by atoms with Gasteiger partial charge in [0.25, 0.3) is 10.1 Å². The van der Waals surface area contributed by atoms with Gasteiger partial charge in [-0.15, -0.1) is 0 Å². The SMILES string of the molecule is [2H]c1cc([2H])c(S(=O)(=O)O)c([2H])c1N(C)C. The minimum Gasteiger partial charge on any atom is -0.378 e. The molecular formula is C8H11NO3S. The molecule has 0 bridgehead atoms. The van der Waals surface area contributed by atoms with E-state index in [9.17, 15) is 8.42 Å². The second-order valence-electron chi connectivity index (χ2n) is 2.61. The Morgan fingerprint density at radius 3 is 2.54 bits per heavy atom. The molecule has 0 heterocycles. The van der Waals surface area contributed by atoms with E-state index >= 15 is 0 Å². The van der Waals surface area contributed by atoms with E-state index in [0.717, 1.165) is 6.07 Å². The molecule has 0 amide bonds. The third kappa shape index (κ3) is 2.43. The summed E-state index contributed by atoms with van der Waals surface area (Å²) in [5, 5.41) is 0. The van der Waals surface area contributed by atoms with Crippen molar-refractivity contribution in [1.82, 2.24) is 0 Å². The molecule has 1 aromatic rings. The predicted molar refractivity (Wildman–Crippen MR) is 50.6 cm³/mol. The Morgan fingerprint density at radius 1 is 1.46 bits per heavy atom. The summed E-state index contributed by atoms with van der Waals surface area (Å²) in [5.41, 5.74) is 0.0450. The lowest BCUT2D eigenvalue weighted by Gasteiger charge is -2.12. The van der Waals surface area contributed by atoms with Gasteiger partial charge in [-0.25, -0.2) is 0 Å². The van der Waals surface area contributed by atoms with Gasteiger partial charge in [-0.3, -0.25) is 4.55 Å². The first-order valence-electron chi connectivity index (χ1n) is 4.92. The van der Waals surface area contributed by atoms with Crippen molar-refractivity contribution in [2.24, 2.45) is 0 Å². The van der Waals surface area contributed by atoms with Crippen molar-refractivity contribution >= 4 is 15.8 Å². The molecule has 0 spiro atoms. The molecule has 72 valence electrons. The van der Waals surface area contributed by atoms with E-state index in [4.69, 9.17) is 8.67 Å². The normalized spacial score (nSPS) is 14.5. The summed E-state index contributed by atoms with van der Waals surface area (Å²) in [7, 11) is -1.53. The van der Waals surface area contributed by atoms with Crippen LogP contribution in [-0.2, 0) is 10.1 Å². The monoisotopic (exact) mass is 204 g/mol. The van der Waals surface area contributed by atoms with Crippen molar-refractivity contribution in [2.75, 3.05) is 19.0 Å². The zero-order chi connectivity index (χ0) is 12.7. The van der Waals surface area contributed by atoms with Crippen molar-refractivity contribution in [3.63, 3.8) is 0 Å². The Hall–Kier alpha value is -1.07. The zero-order valence-corrected chi connectivity index (χ0v) is 8.01. The molecule has 0 fully saturated rings. The van der Waals surface area contributed by atoms with E-state index in [1.165, 1.54) is 4.90 Å². The minimum atomic E-state index is -4.62. The number of rotatable bonds is 2. The highest BCUT2D eigenvalue weighted by Gasteiger charge is 2.09. The summed E-state index contributed by atoms with van der Waals surface area (Å²) in [5.74, 6) is 0. The Labute approximate surface area is 81.8 Å². The second-order valence-corrected chi connectivity index (χ2v) is 3.96. The third-order valence-corrected chi connectivity index (χ3v) is 2.09. The summed E-state index contributed by atoms with van der Waals surface area (Å²) in [6.07, 6.45) is 0. The summed E-state index contributed by atoms with van der Waals surface area (Å²) < 4.78 is 53.4. The fourth-order valence-corrected chi connectivity index (χ4v) is 1.16. The molecule has 0 aliphatic carbocycles. The maximum Gasteiger partial charge on any atom is 0.294 e. The van der Waals surface area contributed by atoms with Crippen molar-refractivity contribution in [3.05, 3.63) is 24.2 Å². The number of benzene rings is 1. The molecule has 1 N–H and O–H groups in total. The summed E-state index contributed by atoms with van der Waals surface area (Å²) in [4.78, 5) is 0.617. The average Bonchev–Trinajstić information content (AvgIpc) is 1.97. The zero-order valence-electron chi connectivity index (χ0n) is 10.2. The first-order valence-corrected chi connectivity index (χ1v) is 4.86. The van der Waals surface area contributed by atoms with Crippen LogP contribution in [0.5, 0.6) is 0 Å². The topological polar surface area (TPSA) is 57.6 Å². The highest BCUT2D eigenvalue weighted by Crippen LogP contribution is 2.16. The Morgan fingerprint density at radius 2 is 2.08 bits per heavy atom. The fraction of sp³-hybridized carbons (Fsp3) is 0.250. The maximum absolute atomic E-state index is 11.0. The van der Waals surface area contributed by atoms with Crippen molar-refractivity contribution < 1.29 is 17.1 Å². The van der Waals surface area contributed by atoms with Gasteiger partial charge in [0.15, 0.2) is 0 Å². The smallest absolute Gasteiger partial charge is 0.294 e. The van der Waals surface area contributed by atoms with Crippen molar-refractivity contribution in [1.29, 1.82) is 0 Å². The number of nitrogens with zero attached hydrogens (tertiary/aromatic N) is 1.